The zero-order valence-corrected chi connectivity index (χ0v) is 10.7. The van der Waals surface area contributed by atoms with Crippen molar-refractivity contribution < 1.29 is 9.47 Å². The van der Waals surface area contributed by atoms with Crippen molar-refractivity contribution in [2.45, 2.75) is 24.8 Å². The van der Waals surface area contributed by atoms with Crippen LogP contribution in [0.4, 0.5) is 0 Å². The molecule has 0 aromatic heterocycles. The smallest absolute Gasteiger partial charge is 0.0588 e. The van der Waals surface area contributed by atoms with Crippen LogP contribution in [0.1, 0.15) is 24.0 Å². The zero-order chi connectivity index (χ0) is 12.4. The molecular weight excluding hydrogens is 226 g/mol. The van der Waals surface area contributed by atoms with Crippen LogP contribution in [-0.4, -0.2) is 26.4 Å². The third-order valence-electron chi connectivity index (χ3n) is 4.49. The topological polar surface area (TPSA) is 44.5 Å². The number of hydrogen-bond acceptors (Lipinski definition) is 3. The van der Waals surface area contributed by atoms with Gasteiger partial charge in [-0.05, 0) is 29.9 Å². The Bertz CT molecular complexity index is 391. The summed E-state index contributed by atoms with van der Waals surface area (Å²) >= 11 is 0. The molecule has 2 fully saturated rings. The van der Waals surface area contributed by atoms with E-state index in [9.17, 15) is 0 Å². The lowest BCUT2D eigenvalue weighted by molar-refractivity contribution is -0.111. The van der Waals surface area contributed by atoms with Crippen molar-refractivity contribution >= 4 is 0 Å². The molecule has 18 heavy (non-hydrogen) atoms. The largest absolute Gasteiger partial charge is 0.381 e. The summed E-state index contributed by atoms with van der Waals surface area (Å²) in [5.41, 5.74) is 8.50. The maximum Gasteiger partial charge on any atom is 0.0588 e. The zero-order valence-electron chi connectivity index (χ0n) is 10.7. The van der Waals surface area contributed by atoms with E-state index in [0.29, 0.717) is 12.5 Å². The maximum absolute atomic E-state index is 5.66. The molecule has 2 aliphatic heterocycles. The van der Waals surface area contributed by atoms with Gasteiger partial charge in [-0.3, -0.25) is 0 Å². The molecule has 2 saturated heterocycles. The Hall–Kier alpha value is -0.900. The molecule has 2 heterocycles. The van der Waals surface area contributed by atoms with E-state index in [1.165, 1.54) is 11.1 Å². The SMILES string of the molecule is NCc1ccc(C2(C3CCOCC3)COC2)cc1. The number of nitrogens with two attached hydrogens (primary N) is 1. The van der Waals surface area contributed by atoms with E-state index in [-0.39, 0.29) is 5.41 Å². The van der Waals surface area contributed by atoms with Gasteiger partial charge in [0.1, 0.15) is 0 Å². The lowest BCUT2D eigenvalue weighted by Gasteiger charge is -2.49. The molecule has 0 aliphatic carbocycles. The van der Waals surface area contributed by atoms with Crippen LogP contribution in [-0.2, 0) is 21.4 Å². The van der Waals surface area contributed by atoms with E-state index >= 15 is 0 Å². The molecule has 0 atom stereocenters. The minimum absolute atomic E-state index is 0.233. The van der Waals surface area contributed by atoms with E-state index in [1.54, 1.807) is 0 Å². The van der Waals surface area contributed by atoms with Crippen molar-refractivity contribution in [3.63, 3.8) is 0 Å². The van der Waals surface area contributed by atoms with Crippen LogP contribution in [0.15, 0.2) is 24.3 Å². The fourth-order valence-electron chi connectivity index (χ4n) is 3.18. The second kappa shape index (κ2) is 5.00. The van der Waals surface area contributed by atoms with Gasteiger partial charge in [0, 0.05) is 25.2 Å². The molecule has 2 N–H and O–H groups in total. The minimum atomic E-state index is 0.233. The standard InChI is InChI=1S/C15H21NO2/c16-9-12-1-3-13(4-2-12)15(10-18-11-15)14-5-7-17-8-6-14/h1-4,14H,5-11,16H2. The Morgan fingerprint density at radius 1 is 1.06 bits per heavy atom. The van der Waals surface area contributed by atoms with Crippen molar-refractivity contribution in [2.75, 3.05) is 26.4 Å². The molecule has 0 amide bonds. The van der Waals surface area contributed by atoms with Crippen molar-refractivity contribution in [1.82, 2.24) is 0 Å². The molecule has 0 radical (unpaired) electrons. The maximum atomic E-state index is 5.66. The van der Waals surface area contributed by atoms with E-state index in [0.717, 1.165) is 39.3 Å². The Morgan fingerprint density at radius 3 is 2.22 bits per heavy atom. The summed E-state index contributed by atoms with van der Waals surface area (Å²) in [4.78, 5) is 0. The molecule has 0 bridgehead atoms. The van der Waals surface area contributed by atoms with E-state index < -0.39 is 0 Å². The third kappa shape index (κ3) is 1.96. The number of rotatable bonds is 3. The fourth-order valence-corrected chi connectivity index (χ4v) is 3.18. The molecule has 3 nitrogen and oxygen atoms in total. The normalized spacial score (nSPS) is 23.6. The molecular formula is C15H21NO2. The number of benzene rings is 1. The molecule has 0 unspecified atom stereocenters. The Kier molecular flexibility index (Phi) is 3.37. The first kappa shape index (κ1) is 12.2. The fraction of sp³-hybridized carbons (Fsp3) is 0.600. The highest BCUT2D eigenvalue weighted by molar-refractivity contribution is 5.32. The molecule has 0 spiro atoms. The Balaban J connectivity index is 1.85. The van der Waals surface area contributed by atoms with Crippen molar-refractivity contribution in [3.8, 4) is 0 Å². The molecule has 3 rings (SSSR count). The van der Waals surface area contributed by atoms with Crippen LogP contribution in [0.2, 0.25) is 0 Å². The van der Waals surface area contributed by atoms with Gasteiger partial charge in [-0.2, -0.15) is 0 Å². The van der Waals surface area contributed by atoms with E-state index in [1.807, 2.05) is 0 Å². The van der Waals surface area contributed by atoms with Crippen LogP contribution >= 0.6 is 0 Å². The van der Waals surface area contributed by atoms with Crippen LogP contribution in [0.5, 0.6) is 0 Å². The second-order valence-corrected chi connectivity index (χ2v) is 5.44. The number of ether oxygens (including phenoxy) is 2. The summed E-state index contributed by atoms with van der Waals surface area (Å²) < 4.78 is 11.0. The van der Waals surface area contributed by atoms with Gasteiger partial charge >= 0.3 is 0 Å². The second-order valence-electron chi connectivity index (χ2n) is 5.44. The van der Waals surface area contributed by atoms with Gasteiger partial charge in [0.15, 0.2) is 0 Å². The van der Waals surface area contributed by atoms with Crippen molar-refractivity contribution in [3.05, 3.63) is 35.4 Å². The van der Waals surface area contributed by atoms with Gasteiger partial charge in [0.05, 0.1) is 13.2 Å². The summed E-state index contributed by atoms with van der Waals surface area (Å²) in [6.07, 6.45) is 2.31. The first-order valence-corrected chi connectivity index (χ1v) is 6.80. The number of hydrogen-bond donors (Lipinski definition) is 1. The lowest BCUT2D eigenvalue weighted by Crippen LogP contribution is -2.53. The third-order valence-corrected chi connectivity index (χ3v) is 4.49. The molecule has 3 heteroatoms. The van der Waals surface area contributed by atoms with E-state index in [2.05, 4.69) is 24.3 Å². The first-order valence-electron chi connectivity index (χ1n) is 6.80. The van der Waals surface area contributed by atoms with Crippen LogP contribution < -0.4 is 5.73 Å². The van der Waals surface area contributed by atoms with Crippen LogP contribution in [0, 0.1) is 5.92 Å². The highest BCUT2D eigenvalue weighted by Crippen LogP contribution is 2.43. The van der Waals surface area contributed by atoms with Crippen molar-refractivity contribution in [2.24, 2.45) is 11.7 Å². The minimum Gasteiger partial charge on any atom is -0.381 e. The predicted octanol–water partition coefficient (Wildman–Crippen LogP) is 1.84. The van der Waals surface area contributed by atoms with Gasteiger partial charge in [-0.1, -0.05) is 24.3 Å². The lowest BCUT2D eigenvalue weighted by atomic mass is 9.66. The van der Waals surface area contributed by atoms with Crippen LogP contribution in [0.3, 0.4) is 0 Å². The molecule has 98 valence electrons. The quantitative estimate of drug-likeness (QED) is 0.886. The van der Waals surface area contributed by atoms with Gasteiger partial charge in [0.2, 0.25) is 0 Å². The van der Waals surface area contributed by atoms with Gasteiger partial charge in [-0.15, -0.1) is 0 Å². The average molecular weight is 247 g/mol. The van der Waals surface area contributed by atoms with Crippen LogP contribution in [0.25, 0.3) is 0 Å². The first-order chi connectivity index (χ1) is 8.85. The summed E-state index contributed by atoms with van der Waals surface area (Å²) in [6, 6.07) is 8.77. The van der Waals surface area contributed by atoms with Gasteiger partial charge in [-0.25, -0.2) is 0 Å². The monoisotopic (exact) mass is 247 g/mol. The molecule has 1 aromatic carbocycles. The summed E-state index contributed by atoms with van der Waals surface area (Å²) in [6.45, 7) is 4.13. The summed E-state index contributed by atoms with van der Waals surface area (Å²) in [5.74, 6) is 0.698. The molecule has 2 aliphatic rings. The summed E-state index contributed by atoms with van der Waals surface area (Å²) in [7, 11) is 0. The van der Waals surface area contributed by atoms with Gasteiger partial charge in [0.25, 0.3) is 0 Å². The Morgan fingerprint density at radius 2 is 1.72 bits per heavy atom. The average Bonchev–Trinajstić information content (AvgIpc) is 2.40. The van der Waals surface area contributed by atoms with E-state index in [4.69, 9.17) is 15.2 Å². The predicted molar refractivity (Wildman–Crippen MR) is 70.4 cm³/mol. The summed E-state index contributed by atoms with van der Waals surface area (Å²) in [5, 5.41) is 0. The van der Waals surface area contributed by atoms with Crippen molar-refractivity contribution in [1.29, 1.82) is 0 Å². The highest BCUT2D eigenvalue weighted by atomic mass is 16.5. The Labute approximate surface area is 108 Å². The highest BCUT2D eigenvalue weighted by Gasteiger charge is 2.47. The van der Waals surface area contributed by atoms with Gasteiger partial charge < -0.3 is 15.2 Å². The molecule has 0 saturated carbocycles. The molecule has 1 aromatic rings.